The van der Waals surface area contributed by atoms with Crippen molar-refractivity contribution in [2.75, 3.05) is 11.9 Å². The van der Waals surface area contributed by atoms with E-state index in [4.69, 9.17) is 9.47 Å². The maximum Gasteiger partial charge on any atom is 0.412 e. The van der Waals surface area contributed by atoms with Gasteiger partial charge in [-0.25, -0.2) is 23.0 Å². The number of rotatable bonds is 4. The number of hydrogen-bond acceptors (Lipinski definition) is 5. The van der Waals surface area contributed by atoms with Gasteiger partial charge >= 0.3 is 6.09 Å². The van der Waals surface area contributed by atoms with Crippen molar-refractivity contribution in [1.29, 1.82) is 0 Å². The molecule has 35 heavy (non-hydrogen) atoms. The molecular formula is C24H16F5N3O3. The molecule has 180 valence electrons. The van der Waals surface area contributed by atoms with Crippen LogP contribution in [0.5, 0.6) is 11.5 Å². The van der Waals surface area contributed by atoms with Gasteiger partial charge in [0.25, 0.3) is 0 Å². The quantitative estimate of drug-likeness (QED) is 0.276. The van der Waals surface area contributed by atoms with Crippen molar-refractivity contribution in [2.45, 2.75) is 19.1 Å². The smallest absolute Gasteiger partial charge is 0.412 e. The van der Waals surface area contributed by atoms with Crippen molar-refractivity contribution in [2.24, 2.45) is 4.99 Å². The Labute approximate surface area is 195 Å². The second-order valence-electron chi connectivity index (χ2n) is 7.86. The lowest BCUT2D eigenvalue weighted by atomic mass is 10.1. The number of nitrogens with zero attached hydrogens (tertiary/aromatic N) is 2. The van der Waals surface area contributed by atoms with Gasteiger partial charge in [0, 0.05) is 31.3 Å². The molecule has 1 atom stereocenters. The van der Waals surface area contributed by atoms with Crippen LogP contribution >= 0.6 is 0 Å². The zero-order valence-corrected chi connectivity index (χ0v) is 17.8. The Balaban J connectivity index is 1.29. The van der Waals surface area contributed by atoms with Crippen molar-refractivity contribution >= 4 is 23.3 Å². The fourth-order valence-corrected chi connectivity index (χ4v) is 3.92. The van der Waals surface area contributed by atoms with Crippen LogP contribution in [0, 0.1) is 29.1 Å². The van der Waals surface area contributed by atoms with Crippen molar-refractivity contribution < 1.29 is 36.2 Å². The lowest BCUT2D eigenvalue weighted by molar-refractivity contribution is 0.143. The summed E-state index contributed by atoms with van der Waals surface area (Å²) < 4.78 is 78.3. The van der Waals surface area contributed by atoms with Crippen molar-refractivity contribution in [3.63, 3.8) is 0 Å². The minimum Gasteiger partial charge on any atom is -0.451 e. The maximum absolute atomic E-state index is 13.9. The molecule has 11 heteroatoms. The van der Waals surface area contributed by atoms with E-state index in [2.05, 4.69) is 10.3 Å². The molecular weight excluding hydrogens is 473 g/mol. The summed E-state index contributed by atoms with van der Waals surface area (Å²) in [6, 6.07) is 12.8. The summed E-state index contributed by atoms with van der Waals surface area (Å²) in [6.45, 7) is 1.32. The molecule has 1 amide bonds. The van der Waals surface area contributed by atoms with Gasteiger partial charge in [-0.2, -0.15) is 8.78 Å². The molecule has 0 aromatic heterocycles. The van der Waals surface area contributed by atoms with E-state index in [1.807, 2.05) is 29.2 Å². The Morgan fingerprint density at radius 1 is 0.943 bits per heavy atom. The molecule has 2 heterocycles. The number of hydrogen-bond donors (Lipinski definition) is 1. The third kappa shape index (κ3) is 4.25. The number of anilines is 1. The minimum atomic E-state index is -2.29. The summed E-state index contributed by atoms with van der Waals surface area (Å²) in [5, 5.41) is 2.46. The molecule has 6 nitrogen and oxygen atoms in total. The van der Waals surface area contributed by atoms with Gasteiger partial charge in [-0.3, -0.25) is 5.32 Å². The number of para-hydroxylation sites is 1. The molecule has 0 unspecified atom stereocenters. The molecule has 3 aromatic rings. The van der Waals surface area contributed by atoms with Crippen LogP contribution in [0.15, 0.2) is 53.5 Å². The molecule has 2 aliphatic rings. The molecule has 1 N–H and O–H groups in total. The SMILES string of the molecule is O=C(Nc1cccc(Oc2c(F)c(F)c(F)c(F)c2F)c1)O[C@@H]1CCN2Cc3ccccc3N=C12. The lowest BCUT2D eigenvalue weighted by Crippen LogP contribution is -2.34. The average molecular weight is 489 g/mol. The number of amidine groups is 1. The fraction of sp³-hybridized carbons (Fsp3) is 0.167. The third-order valence-corrected chi connectivity index (χ3v) is 5.58. The molecule has 0 spiro atoms. The van der Waals surface area contributed by atoms with Crippen LogP contribution in [0.1, 0.15) is 12.0 Å². The zero-order valence-electron chi connectivity index (χ0n) is 17.8. The summed E-state index contributed by atoms with van der Waals surface area (Å²) in [5.41, 5.74) is 2.00. The lowest BCUT2D eigenvalue weighted by Gasteiger charge is -2.26. The number of nitrogens with one attached hydrogen (secondary N) is 1. The second-order valence-corrected chi connectivity index (χ2v) is 7.86. The van der Waals surface area contributed by atoms with E-state index in [1.165, 1.54) is 18.2 Å². The van der Waals surface area contributed by atoms with Gasteiger partial charge in [-0.05, 0) is 23.8 Å². The summed E-state index contributed by atoms with van der Waals surface area (Å²) in [4.78, 5) is 19.1. The number of carbonyl (C=O) groups excluding carboxylic acids is 1. The third-order valence-electron chi connectivity index (χ3n) is 5.58. The highest BCUT2D eigenvalue weighted by Gasteiger charge is 2.35. The number of ether oxygens (including phenoxy) is 2. The Morgan fingerprint density at radius 3 is 2.43 bits per heavy atom. The van der Waals surface area contributed by atoms with E-state index < -0.39 is 47.0 Å². The summed E-state index contributed by atoms with van der Waals surface area (Å²) in [5.74, 6) is -11.9. The molecule has 1 saturated heterocycles. The number of amides is 1. The topological polar surface area (TPSA) is 63.2 Å². The largest absolute Gasteiger partial charge is 0.451 e. The summed E-state index contributed by atoms with van der Waals surface area (Å²) in [6.07, 6.45) is -0.841. The molecule has 0 saturated carbocycles. The van der Waals surface area contributed by atoms with Gasteiger partial charge in [-0.15, -0.1) is 0 Å². The molecule has 0 bridgehead atoms. The van der Waals surface area contributed by atoms with Crippen LogP contribution in [-0.2, 0) is 11.3 Å². The van der Waals surface area contributed by atoms with Crippen LogP contribution < -0.4 is 10.1 Å². The first-order valence-electron chi connectivity index (χ1n) is 10.5. The Morgan fingerprint density at radius 2 is 1.66 bits per heavy atom. The van der Waals surface area contributed by atoms with Gasteiger partial charge in [-0.1, -0.05) is 24.3 Å². The normalized spacial score (nSPS) is 16.3. The van der Waals surface area contributed by atoms with Crippen LogP contribution in [0.3, 0.4) is 0 Å². The Kier molecular flexibility index (Phi) is 5.75. The zero-order chi connectivity index (χ0) is 24.7. The summed E-state index contributed by atoms with van der Waals surface area (Å²) in [7, 11) is 0. The highest BCUT2D eigenvalue weighted by molar-refractivity contribution is 5.95. The van der Waals surface area contributed by atoms with Crippen LogP contribution in [0.25, 0.3) is 0 Å². The monoisotopic (exact) mass is 489 g/mol. The van der Waals surface area contributed by atoms with E-state index in [0.29, 0.717) is 25.3 Å². The van der Waals surface area contributed by atoms with Crippen LogP contribution in [0.2, 0.25) is 0 Å². The number of fused-ring (bicyclic) bond motifs is 2. The van der Waals surface area contributed by atoms with Gasteiger partial charge < -0.3 is 14.4 Å². The van der Waals surface area contributed by atoms with E-state index in [0.717, 1.165) is 17.3 Å². The molecule has 1 fully saturated rings. The van der Waals surface area contributed by atoms with Crippen molar-refractivity contribution in [1.82, 2.24) is 4.90 Å². The molecule has 5 rings (SSSR count). The fourth-order valence-electron chi connectivity index (χ4n) is 3.92. The van der Waals surface area contributed by atoms with Gasteiger partial charge in [0.05, 0.1) is 5.69 Å². The molecule has 2 aliphatic heterocycles. The van der Waals surface area contributed by atoms with Gasteiger partial charge in [0.2, 0.25) is 34.8 Å². The predicted octanol–water partition coefficient (Wildman–Crippen LogP) is 6.04. The Bertz CT molecular complexity index is 1340. The highest BCUT2D eigenvalue weighted by Crippen LogP contribution is 2.34. The highest BCUT2D eigenvalue weighted by atomic mass is 19.2. The standard InChI is InChI=1S/C24H16F5N3O3/c25-17-18(26)20(28)22(21(29)19(17)27)34-14-6-3-5-13(10-14)30-24(33)35-16-8-9-32-11-12-4-1-2-7-15(12)31-23(16)32/h1-7,10,16H,8-9,11H2,(H,30,33)/t16-/m1/s1. The average Bonchev–Trinajstić information content (AvgIpc) is 3.24. The molecule has 0 aliphatic carbocycles. The number of carbonyl (C=O) groups is 1. The first-order valence-corrected chi connectivity index (χ1v) is 10.5. The minimum absolute atomic E-state index is 0.113. The first-order chi connectivity index (χ1) is 16.8. The predicted molar refractivity (Wildman–Crippen MR) is 115 cm³/mol. The van der Waals surface area contributed by atoms with E-state index in [1.54, 1.807) is 0 Å². The number of aliphatic imine (C=N–C) groups is 1. The number of halogens is 5. The summed E-state index contributed by atoms with van der Waals surface area (Å²) >= 11 is 0. The van der Waals surface area contributed by atoms with Crippen LogP contribution in [0.4, 0.5) is 38.1 Å². The molecule has 3 aromatic carbocycles. The first kappa shape index (κ1) is 22.6. The maximum atomic E-state index is 13.9. The van der Waals surface area contributed by atoms with Crippen molar-refractivity contribution in [3.05, 3.63) is 83.2 Å². The molecule has 0 radical (unpaired) electrons. The van der Waals surface area contributed by atoms with E-state index in [9.17, 15) is 26.7 Å². The Hall–Kier alpha value is -4.15. The van der Waals surface area contributed by atoms with Crippen molar-refractivity contribution in [3.8, 4) is 11.5 Å². The van der Waals surface area contributed by atoms with Crippen LogP contribution in [-0.4, -0.2) is 29.5 Å². The van der Waals surface area contributed by atoms with Gasteiger partial charge in [0.15, 0.2) is 6.10 Å². The number of benzene rings is 3. The van der Waals surface area contributed by atoms with E-state index >= 15 is 0 Å². The van der Waals surface area contributed by atoms with Gasteiger partial charge in [0.1, 0.15) is 11.6 Å². The van der Waals surface area contributed by atoms with E-state index in [-0.39, 0.29) is 11.4 Å². The second kappa shape index (κ2) is 8.90.